The first-order valence-electron chi connectivity index (χ1n) is 4.41. The summed E-state index contributed by atoms with van der Waals surface area (Å²) in [5.74, 6) is 0.342. The number of hydrogen-bond donors (Lipinski definition) is 0. The van der Waals surface area contributed by atoms with Crippen molar-refractivity contribution in [2.45, 2.75) is 0 Å². The van der Waals surface area contributed by atoms with Crippen LogP contribution in [0.1, 0.15) is 0 Å². The van der Waals surface area contributed by atoms with Gasteiger partial charge in [0.2, 0.25) is 5.88 Å². The molecule has 1 aromatic heterocycles. The van der Waals surface area contributed by atoms with Gasteiger partial charge in [-0.3, -0.25) is 0 Å². The Hall–Kier alpha value is -1.26. The van der Waals surface area contributed by atoms with Gasteiger partial charge in [0.05, 0.1) is 35.2 Å². The molecule has 0 aliphatic rings. The summed E-state index contributed by atoms with van der Waals surface area (Å²) in [6, 6.07) is 3.62. The Labute approximate surface area is 102 Å². The van der Waals surface area contributed by atoms with Crippen LogP contribution in [0.25, 0.3) is 10.9 Å². The number of aromatic nitrogens is 2. The fourth-order valence-electron chi connectivity index (χ4n) is 1.35. The van der Waals surface area contributed by atoms with Crippen LogP contribution in [-0.2, 0) is 0 Å². The summed E-state index contributed by atoms with van der Waals surface area (Å²) in [5.41, 5.74) is 0.623. The third-order valence-corrected chi connectivity index (χ3v) is 2.88. The van der Waals surface area contributed by atoms with Crippen molar-refractivity contribution in [3.8, 4) is 11.9 Å². The minimum atomic E-state index is 0.225. The average Bonchev–Trinajstić information content (AvgIpc) is 2.32. The Morgan fingerprint density at radius 1 is 1.06 bits per heavy atom. The van der Waals surface area contributed by atoms with Gasteiger partial charge < -0.3 is 9.47 Å². The fraction of sp³-hybridized carbons (Fsp3) is 0.200. The van der Waals surface area contributed by atoms with Gasteiger partial charge >= 0.3 is 6.01 Å². The molecule has 1 heterocycles. The molecule has 6 heteroatoms. The molecule has 0 fully saturated rings. The van der Waals surface area contributed by atoms with Gasteiger partial charge in [-0.25, -0.2) is 0 Å². The van der Waals surface area contributed by atoms with E-state index in [1.807, 2.05) is 0 Å². The maximum atomic E-state index is 6.07. The van der Waals surface area contributed by atoms with Crippen molar-refractivity contribution >= 4 is 34.1 Å². The molecule has 0 atom stereocenters. The molecular formula is C10H8Cl2N2O2. The Bertz CT molecular complexity index is 546. The second-order valence-electron chi connectivity index (χ2n) is 2.98. The van der Waals surface area contributed by atoms with Crippen LogP contribution in [0.15, 0.2) is 12.1 Å². The van der Waals surface area contributed by atoms with Gasteiger partial charge in [-0.15, -0.1) is 0 Å². The number of benzene rings is 1. The Morgan fingerprint density at radius 3 is 2.44 bits per heavy atom. The normalized spacial score (nSPS) is 10.5. The van der Waals surface area contributed by atoms with Gasteiger partial charge in [-0.05, 0) is 12.1 Å². The van der Waals surface area contributed by atoms with Gasteiger partial charge in [-0.2, -0.15) is 9.97 Å². The molecule has 1 aromatic carbocycles. The molecule has 2 aromatic rings. The summed E-state index contributed by atoms with van der Waals surface area (Å²) in [6.45, 7) is 0. The highest BCUT2D eigenvalue weighted by molar-refractivity contribution is 6.45. The van der Waals surface area contributed by atoms with Gasteiger partial charge in [0, 0.05) is 0 Å². The molecule has 0 aliphatic carbocycles. The van der Waals surface area contributed by atoms with Gasteiger partial charge in [0.15, 0.2) is 0 Å². The number of ether oxygens (including phenoxy) is 2. The number of hydrogen-bond acceptors (Lipinski definition) is 4. The average molecular weight is 259 g/mol. The maximum Gasteiger partial charge on any atom is 0.320 e. The highest BCUT2D eigenvalue weighted by Crippen LogP contribution is 2.35. The summed E-state index contributed by atoms with van der Waals surface area (Å²) < 4.78 is 10.1. The first-order valence-corrected chi connectivity index (χ1v) is 5.16. The monoisotopic (exact) mass is 258 g/mol. The maximum absolute atomic E-state index is 6.07. The smallest absolute Gasteiger partial charge is 0.320 e. The van der Waals surface area contributed by atoms with E-state index in [0.717, 1.165) is 0 Å². The number of halogens is 2. The molecular weight excluding hydrogens is 251 g/mol. The van der Waals surface area contributed by atoms with Crippen molar-refractivity contribution in [3.05, 3.63) is 22.2 Å². The molecule has 0 saturated carbocycles. The molecule has 0 aliphatic heterocycles. The molecule has 4 nitrogen and oxygen atoms in total. The predicted octanol–water partition coefficient (Wildman–Crippen LogP) is 2.95. The van der Waals surface area contributed by atoms with Gasteiger partial charge in [0.1, 0.15) is 0 Å². The SMILES string of the molecule is COc1nc(OC)c2c(Cl)c(Cl)ccc2n1. The molecule has 16 heavy (non-hydrogen) atoms. The fourth-order valence-corrected chi connectivity index (χ4v) is 1.74. The van der Waals surface area contributed by atoms with E-state index >= 15 is 0 Å². The molecule has 84 valence electrons. The van der Waals surface area contributed by atoms with Crippen LogP contribution in [-0.4, -0.2) is 24.2 Å². The summed E-state index contributed by atoms with van der Waals surface area (Å²) in [7, 11) is 2.98. The summed E-state index contributed by atoms with van der Waals surface area (Å²) in [5, 5.41) is 1.39. The van der Waals surface area contributed by atoms with E-state index < -0.39 is 0 Å². The van der Waals surface area contributed by atoms with E-state index in [9.17, 15) is 0 Å². The lowest BCUT2D eigenvalue weighted by atomic mass is 10.2. The standard InChI is InChI=1S/C10H8Cl2N2O2/c1-15-9-7-6(13-10(14-9)16-2)4-3-5(11)8(7)12/h3-4H,1-2H3. The number of methoxy groups -OCH3 is 2. The quantitative estimate of drug-likeness (QED) is 0.831. The Kier molecular flexibility index (Phi) is 3.03. The van der Waals surface area contributed by atoms with Crippen LogP contribution in [0.2, 0.25) is 10.0 Å². The number of fused-ring (bicyclic) bond motifs is 1. The third kappa shape index (κ3) is 1.74. The van der Waals surface area contributed by atoms with E-state index in [4.69, 9.17) is 32.7 Å². The van der Waals surface area contributed by atoms with Crippen molar-refractivity contribution < 1.29 is 9.47 Å². The minimum absolute atomic E-state index is 0.225. The lowest BCUT2D eigenvalue weighted by Gasteiger charge is -2.08. The van der Waals surface area contributed by atoms with E-state index in [2.05, 4.69) is 9.97 Å². The van der Waals surface area contributed by atoms with E-state index in [0.29, 0.717) is 26.8 Å². The lowest BCUT2D eigenvalue weighted by Crippen LogP contribution is -1.97. The molecule has 0 bridgehead atoms. The Balaban J connectivity index is 2.84. The third-order valence-electron chi connectivity index (χ3n) is 2.08. The van der Waals surface area contributed by atoms with E-state index in [1.54, 1.807) is 12.1 Å². The second-order valence-corrected chi connectivity index (χ2v) is 3.76. The molecule has 0 amide bonds. The van der Waals surface area contributed by atoms with Crippen LogP contribution in [0, 0.1) is 0 Å². The molecule has 2 rings (SSSR count). The molecule has 0 saturated heterocycles. The zero-order valence-corrected chi connectivity index (χ0v) is 10.1. The van der Waals surface area contributed by atoms with Crippen LogP contribution in [0.3, 0.4) is 0 Å². The highest BCUT2D eigenvalue weighted by Gasteiger charge is 2.13. The summed E-state index contributed by atoms with van der Waals surface area (Å²) in [6.07, 6.45) is 0. The van der Waals surface area contributed by atoms with Crippen LogP contribution >= 0.6 is 23.2 Å². The van der Waals surface area contributed by atoms with Gasteiger partial charge in [0.25, 0.3) is 0 Å². The van der Waals surface area contributed by atoms with Gasteiger partial charge in [-0.1, -0.05) is 23.2 Å². The second kappa shape index (κ2) is 4.31. The number of rotatable bonds is 2. The first kappa shape index (κ1) is 11.2. The van der Waals surface area contributed by atoms with Crippen LogP contribution in [0.4, 0.5) is 0 Å². The van der Waals surface area contributed by atoms with Crippen molar-refractivity contribution in [2.75, 3.05) is 14.2 Å². The zero-order chi connectivity index (χ0) is 11.7. The van der Waals surface area contributed by atoms with E-state index in [-0.39, 0.29) is 6.01 Å². The van der Waals surface area contributed by atoms with Crippen molar-refractivity contribution in [1.82, 2.24) is 9.97 Å². The van der Waals surface area contributed by atoms with Crippen molar-refractivity contribution in [1.29, 1.82) is 0 Å². The summed E-state index contributed by atoms with van der Waals surface area (Å²) >= 11 is 12.0. The van der Waals surface area contributed by atoms with Crippen molar-refractivity contribution in [2.24, 2.45) is 0 Å². The number of nitrogens with zero attached hydrogens (tertiary/aromatic N) is 2. The molecule has 0 unspecified atom stereocenters. The molecule has 0 N–H and O–H groups in total. The zero-order valence-electron chi connectivity index (χ0n) is 8.62. The largest absolute Gasteiger partial charge is 0.480 e. The lowest BCUT2D eigenvalue weighted by molar-refractivity contribution is 0.357. The molecule has 0 spiro atoms. The van der Waals surface area contributed by atoms with E-state index in [1.165, 1.54) is 14.2 Å². The Morgan fingerprint density at radius 2 is 1.81 bits per heavy atom. The predicted molar refractivity (Wildman–Crippen MR) is 62.7 cm³/mol. The highest BCUT2D eigenvalue weighted by atomic mass is 35.5. The van der Waals surface area contributed by atoms with Crippen LogP contribution < -0.4 is 9.47 Å². The molecule has 0 radical (unpaired) electrons. The topological polar surface area (TPSA) is 44.2 Å². The first-order chi connectivity index (χ1) is 7.67. The van der Waals surface area contributed by atoms with Crippen molar-refractivity contribution in [3.63, 3.8) is 0 Å². The van der Waals surface area contributed by atoms with Crippen LogP contribution in [0.5, 0.6) is 11.9 Å². The summed E-state index contributed by atoms with van der Waals surface area (Å²) in [4.78, 5) is 8.19. The minimum Gasteiger partial charge on any atom is -0.480 e.